The van der Waals surface area contributed by atoms with Crippen LogP contribution in [0.3, 0.4) is 0 Å². The van der Waals surface area contributed by atoms with Crippen LogP contribution in [0.25, 0.3) is 6.08 Å². The van der Waals surface area contributed by atoms with Gasteiger partial charge < -0.3 is 25.0 Å². The van der Waals surface area contributed by atoms with Gasteiger partial charge in [0.1, 0.15) is 5.70 Å². The van der Waals surface area contributed by atoms with Gasteiger partial charge in [-0.05, 0) is 37.3 Å². The maximum Gasteiger partial charge on any atom is 0.353 e. The van der Waals surface area contributed by atoms with Crippen molar-refractivity contribution in [3.63, 3.8) is 0 Å². The number of aliphatic hydroxyl groups is 1. The van der Waals surface area contributed by atoms with Gasteiger partial charge in [-0.2, -0.15) is 4.98 Å². The van der Waals surface area contributed by atoms with E-state index in [9.17, 15) is 19.8 Å². The van der Waals surface area contributed by atoms with E-state index in [0.29, 0.717) is 16.8 Å². The molecule has 1 fully saturated rings. The summed E-state index contributed by atoms with van der Waals surface area (Å²) >= 11 is 1.06. The number of carboxylic acids is 1. The zero-order valence-corrected chi connectivity index (χ0v) is 17.0. The van der Waals surface area contributed by atoms with Crippen molar-refractivity contribution in [1.82, 2.24) is 20.4 Å². The predicted molar refractivity (Wildman–Crippen MR) is 104 cm³/mol. The quantitative estimate of drug-likeness (QED) is 0.585. The maximum atomic E-state index is 12.4. The molecule has 3 aliphatic rings. The van der Waals surface area contributed by atoms with Gasteiger partial charge in [-0.3, -0.25) is 4.79 Å². The van der Waals surface area contributed by atoms with Crippen molar-refractivity contribution in [2.45, 2.75) is 44.2 Å². The Morgan fingerprint density at radius 2 is 2.21 bits per heavy atom. The van der Waals surface area contributed by atoms with Crippen molar-refractivity contribution in [3.8, 4) is 0 Å². The molecule has 0 saturated carbocycles. The molecule has 3 N–H and O–H groups in total. The third-order valence-corrected chi connectivity index (χ3v) is 6.60. The highest BCUT2D eigenvalue weighted by molar-refractivity contribution is 8.02. The van der Waals surface area contributed by atoms with Crippen LogP contribution in [-0.2, 0) is 9.59 Å². The van der Waals surface area contributed by atoms with E-state index in [4.69, 9.17) is 4.52 Å². The van der Waals surface area contributed by atoms with E-state index in [2.05, 4.69) is 28.5 Å². The lowest BCUT2D eigenvalue weighted by Crippen LogP contribution is -2.63. The Hall–Kier alpha value is -2.43. The number of fused-ring (bicyclic) bond motifs is 1. The smallest absolute Gasteiger partial charge is 0.353 e. The lowest BCUT2D eigenvalue weighted by atomic mass is 9.79. The highest BCUT2D eigenvalue weighted by Crippen LogP contribution is 2.51. The summed E-state index contributed by atoms with van der Waals surface area (Å²) in [5.41, 5.74) is 1.06. The Morgan fingerprint density at radius 1 is 1.45 bits per heavy atom. The normalized spacial score (nSPS) is 30.0. The van der Waals surface area contributed by atoms with Crippen LogP contribution in [0.4, 0.5) is 0 Å². The third kappa shape index (κ3) is 3.41. The van der Waals surface area contributed by atoms with Crippen LogP contribution < -0.4 is 5.32 Å². The average molecular weight is 418 g/mol. The molecule has 1 aromatic rings. The van der Waals surface area contributed by atoms with Gasteiger partial charge >= 0.3 is 5.97 Å². The summed E-state index contributed by atoms with van der Waals surface area (Å²) in [6, 6.07) is -0.0445. The second-order valence-electron chi connectivity index (χ2n) is 7.54. The summed E-state index contributed by atoms with van der Waals surface area (Å²) < 4.78 is 5.27. The molecule has 4 rings (SSSR count). The minimum Gasteiger partial charge on any atom is -0.477 e. The molecule has 10 heteroatoms. The molecule has 29 heavy (non-hydrogen) atoms. The summed E-state index contributed by atoms with van der Waals surface area (Å²) in [4.78, 5) is 30.2. The number of carboxylic acid groups (broad SMARTS) is 1. The second-order valence-corrected chi connectivity index (χ2v) is 8.53. The number of hydrogen-bond donors (Lipinski definition) is 3. The van der Waals surface area contributed by atoms with Crippen molar-refractivity contribution < 1.29 is 24.3 Å². The van der Waals surface area contributed by atoms with Crippen LogP contribution in [0.1, 0.15) is 26.6 Å². The number of rotatable bonds is 6. The molecule has 3 aliphatic heterocycles. The maximum absolute atomic E-state index is 12.4. The molecule has 0 aliphatic carbocycles. The van der Waals surface area contributed by atoms with E-state index < -0.39 is 18.0 Å². The zero-order valence-electron chi connectivity index (χ0n) is 16.2. The SMILES string of the molecule is C[C@@H]1C=C(/C=C/c2noc(SC3=C(C(=O)O)N4C(=O)[C@H]([C@@H](C)O)C4[C@H]3C)n2)CN1. The predicted octanol–water partition coefficient (Wildman–Crippen LogP) is 1.25. The minimum atomic E-state index is -1.19. The largest absolute Gasteiger partial charge is 0.477 e. The van der Waals surface area contributed by atoms with Crippen molar-refractivity contribution in [3.05, 3.63) is 34.2 Å². The Kier molecular flexibility index (Phi) is 5.09. The number of carbonyl (C=O) groups is 2. The Balaban J connectivity index is 1.54. The van der Waals surface area contributed by atoms with E-state index in [1.807, 2.05) is 13.0 Å². The van der Waals surface area contributed by atoms with Crippen molar-refractivity contribution in [1.29, 1.82) is 0 Å². The monoisotopic (exact) mass is 418 g/mol. The summed E-state index contributed by atoms with van der Waals surface area (Å²) in [6.45, 7) is 6.23. The molecule has 1 saturated heterocycles. The summed E-state index contributed by atoms with van der Waals surface area (Å²) in [7, 11) is 0. The van der Waals surface area contributed by atoms with Gasteiger partial charge in [-0.25, -0.2) is 4.79 Å². The standard InChI is InChI=1S/C19H22N4O5S/c1-8-6-11(7-20-8)4-5-12-21-19(28-22-12)29-16-9(2)14-13(10(3)24)17(25)23(14)15(16)18(26)27/h4-6,8-10,13-14,20,24H,7H2,1-3H3,(H,26,27)/b5-4+/t8-,9-,10-,13-,14?/m1/s1. The molecular weight excluding hydrogens is 396 g/mol. The van der Waals surface area contributed by atoms with Gasteiger partial charge in [-0.15, -0.1) is 0 Å². The number of carbonyl (C=O) groups excluding carboxylic acids is 1. The summed E-state index contributed by atoms with van der Waals surface area (Å²) in [5.74, 6) is -2.03. The van der Waals surface area contributed by atoms with Gasteiger partial charge in [0.15, 0.2) is 5.82 Å². The first-order valence-electron chi connectivity index (χ1n) is 9.40. The van der Waals surface area contributed by atoms with Crippen molar-refractivity contribution in [2.24, 2.45) is 11.8 Å². The molecular formula is C19H22N4O5S. The number of aromatic nitrogens is 2. The Morgan fingerprint density at radius 3 is 2.83 bits per heavy atom. The number of amides is 1. The zero-order chi connectivity index (χ0) is 20.9. The molecule has 1 unspecified atom stereocenters. The number of aliphatic carboxylic acids is 1. The topological polar surface area (TPSA) is 129 Å². The van der Waals surface area contributed by atoms with Crippen molar-refractivity contribution >= 4 is 29.7 Å². The van der Waals surface area contributed by atoms with Crippen LogP contribution in [0.2, 0.25) is 0 Å². The van der Waals surface area contributed by atoms with Gasteiger partial charge in [-0.1, -0.05) is 24.2 Å². The fourth-order valence-electron chi connectivity index (χ4n) is 4.09. The van der Waals surface area contributed by atoms with Crippen molar-refractivity contribution in [2.75, 3.05) is 6.54 Å². The van der Waals surface area contributed by atoms with Crippen LogP contribution in [-0.4, -0.2) is 61.9 Å². The van der Waals surface area contributed by atoms with E-state index in [0.717, 1.165) is 23.9 Å². The Labute approximate surface area is 171 Å². The highest BCUT2D eigenvalue weighted by Gasteiger charge is 2.60. The fraction of sp³-hybridized carbons (Fsp3) is 0.474. The van der Waals surface area contributed by atoms with E-state index >= 15 is 0 Å². The van der Waals surface area contributed by atoms with Crippen LogP contribution in [0.15, 0.2) is 38.1 Å². The molecule has 9 nitrogen and oxygen atoms in total. The molecule has 5 atom stereocenters. The number of aliphatic hydroxyl groups excluding tert-OH is 1. The van der Waals surface area contributed by atoms with Crippen LogP contribution >= 0.6 is 11.8 Å². The van der Waals surface area contributed by atoms with Crippen LogP contribution in [0.5, 0.6) is 0 Å². The molecule has 1 amide bonds. The lowest BCUT2D eigenvalue weighted by Gasteiger charge is -2.46. The first-order chi connectivity index (χ1) is 13.8. The van der Waals surface area contributed by atoms with Gasteiger partial charge in [0.05, 0.1) is 18.1 Å². The molecule has 154 valence electrons. The molecule has 0 spiro atoms. The number of nitrogens with zero attached hydrogens (tertiary/aromatic N) is 3. The van der Waals surface area contributed by atoms with Crippen LogP contribution in [0, 0.1) is 11.8 Å². The van der Waals surface area contributed by atoms with E-state index in [-0.39, 0.29) is 28.8 Å². The van der Waals surface area contributed by atoms with Gasteiger partial charge in [0.2, 0.25) is 5.91 Å². The second kappa shape index (κ2) is 7.43. The summed E-state index contributed by atoms with van der Waals surface area (Å²) in [5, 5.41) is 27.0. The minimum absolute atomic E-state index is 0.0686. The number of β-lactam (4-membered cyclic amide) rings is 1. The summed E-state index contributed by atoms with van der Waals surface area (Å²) in [6.07, 6.45) is 4.92. The highest BCUT2D eigenvalue weighted by atomic mass is 32.2. The van der Waals surface area contributed by atoms with E-state index in [1.165, 1.54) is 4.90 Å². The van der Waals surface area contributed by atoms with E-state index in [1.54, 1.807) is 13.0 Å². The Bertz CT molecular complexity index is 950. The number of hydrogen-bond acceptors (Lipinski definition) is 8. The number of thioether (sulfide) groups is 1. The fourth-order valence-corrected chi connectivity index (χ4v) is 5.10. The average Bonchev–Trinajstić information content (AvgIpc) is 3.32. The van der Waals surface area contributed by atoms with Gasteiger partial charge in [0, 0.05) is 23.4 Å². The molecule has 0 bridgehead atoms. The molecule has 1 aromatic heterocycles. The van der Waals surface area contributed by atoms with Gasteiger partial charge in [0.25, 0.3) is 5.22 Å². The first-order valence-corrected chi connectivity index (χ1v) is 10.2. The third-order valence-electron chi connectivity index (χ3n) is 5.47. The lowest BCUT2D eigenvalue weighted by molar-refractivity contribution is -0.163. The molecule has 4 heterocycles. The first kappa shape index (κ1) is 19.9. The number of nitrogens with one attached hydrogen (secondary N) is 1. The molecule has 0 radical (unpaired) electrons. The molecule has 0 aromatic carbocycles.